The Morgan fingerprint density at radius 1 is 1.08 bits per heavy atom. The van der Waals surface area contributed by atoms with Crippen LogP contribution >= 0.6 is 0 Å². The van der Waals surface area contributed by atoms with E-state index in [4.69, 9.17) is 0 Å². The van der Waals surface area contributed by atoms with E-state index in [1.165, 1.54) is 25.7 Å². The summed E-state index contributed by atoms with van der Waals surface area (Å²) >= 11 is 0. The van der Waals surface area contributed by atoms with Crippen molar-refractivity contribution in [3.8, 4) is 0 Å². The average Bonchev–Trinajstić information content (AvgIpc) is 2.56. The predicted octanol–water partition coefficient (Wildman–Crippen LogP) is 1.73. The summed E-state index contributed by atoms with van der Waals surface area (Å²) in [4.78, 5) is 0. The SMILES string of the molecule is [O]C1CCNC(C2CCCC2)C1. The molecule has 0 aromatic carbocycles. The van der Waals surface area contributed by atoms with Gasteiger partial charge in [-0.15, -0.1) is 0 Å². The highest BCUT2D eigenvalue weighted by Crippen LogP contribution is 2.30. The molecule has 1 aliphatic heterocycles. The molecule has 0 aromatic heterocycles. The summed E-state index contributed by atoms with van der Waals surface area (Å²) in [6.45, 7) is 0.954. The van der Waals surface area contributed by atoms with Crippen molar-refractivity contribution in [2.24, 2.45) is 5.92 Å². The Morgan fingerprint density at radius 3 is 2.50 bits per heavy atom. The van der Waals surface area contributed by atoms with E-state index < -0.39 is 0 Å². The molecule has 1 aliphatic carbocycles. The first-order chi connectivity index (χ1) is 5.86. The minimum Gasteiger partial charge on any atom is -0.314 e. The normalized spacial score (nSPS) is 38.8. The van der Waals surface area contributed by atoms with Crippen LogP contribution < -0.4 is 5.32 Å². The molecular weight excluding hydrogens is 150 g/mol. The molecule has 2 heteroatoms. The Bertz CT molecular complexity index is 143. The number of hydrogen-bond donors (Lipinski definition) is 1. The van der Waals surface area contributed by atoms with Crippen LogP contribution in [-0.2, 0) is 5.11 Å². The summed E-state index contributed by atoms with van der Waals surface area (Å²) in [5.74, 6) is 0.821. The van der Waals surface area contributed by atoms with Gasteiger partial charge in [0.15, 0.2) is 0 Å². The van der Waals surface area contributed by atoms with Gasteiger partial charge in [0.1, 0.15) is 0 Å². The molecule has 1 heterocycles. The first kappa shape index (κ1) is 8.52. The van der Waals surface area contributed by atoms with Gasteiger partial charge in [0, 0.05) is 6.04 Å². The van der Waals surface area contributed by atoms with Crippen molar-refractivity contribution in [1.82, 2.24) is 5.32 Å². The third-order valence-corrected chi connectivity index (χ3v) is 3.36. The summed E-state index contributed by atoms with van der Waals surface area (Å²) in [5.41, 5.74) is 0. The summed E-state index contributed by atoms with van der Waals surface area (Å²) < 4.78 is 0. The predicted molar refractivity (Wildman–Crippen MR) is 47.5 cm³/mol. The Hall–Kier alpha value is -0.0800. The van der Waals surface area contributed by atoms with Crippen LogP contribution in [-0.4, -0.2) is 18.7 Å². The van der Waals surface area contributed by atoms with E-state index in [2.05, 4.69) is 5.32 Å². The van der Waals surface area contributed by atoms with Crippen molar-refractivity contribution in [1.29, 1.82) is 0 Å². The van der Waals surface area contributed by atoms with Crippen molar-refractivity contribution in [3.63, 3.8) is 0 Å². The lowest BCUT2D eigenvalue weighted by molar-refractivity contribution is 0.0383. The lowest BCUT2D eigenvalue weighted by Gasteiger charge is -2.30. The average molecular weight is 168 g/mol. The molecule has 2 aliphatic rings. The topological polar surface area (TPSA) is 31.9 Å². The van der Waals surface area contributed by atoms with E-state index in [1.54, 1.807) is 0 Å². The van der Waals surface area contributed by atoms with Gasteiger partial charge < -0.3 is 5.32 Å². The fourth-order valence-electron chi connectivity index (χ4n) is 2.63. The Morgan fingerprint density at radius 2 is 1.83 bits per heavy atom. The zero-order chi connectivity index (χ0) is 8.39. The molecule has 12 heavy (non-hydrogen) atoms. The molecule has 0 spiro atoms. The molecular formula is C10H18NO. The minimum atomic E-state index is -0.281. The molecule has 0 bridgehead atoms. The van der Waals surface area contributed by atoms with Crippen molar-refractivity contribution in [2.75, 3.05) is 6.54 Å². The lowest BCUT2D eigenvalue weighted by atomic mass is 9.90. The van der Waals surface area contributed by atoms with E-state index in [0.717, 1.165) is 25.3 Å². The van der Waals surface area contributed by atoms with Crippen LogP contribution in [0.2, 0.25) is 0 Å². The second kappa shape index (κ2) is 3.75. The second-order valence-electron chi connectivity index (χ2n) is 4.25. The second-order valence-corrected chi connectivity index (χ2v) is 4.25. The highest BCUT2D eigenvalue weighted by atomic mass is 16.3. The standard InChI is InChI=1S/C10H18NO/c12-9-5-6-11-10(7-9)8-3-1-2-4-8/h8-11H,1-7H2. The highest BCUT2D eigenvalue weighted by molar-refractivity contribution is 4.85. The van der Waals surface area contributed by atoms with Gasteiger partial charge in [-0.3, -0.25) is 0 Å². The van der Waals surface area contributed by atoms with Crippen LogP contribution in [0.5, 0.6) is 0 Å². The molecule has 1 N–H and O–H groups in total. The van der Waals surface area contributed by atoms with Crippen molar-refractivity contribution in [2.45, 2.75) is 50.7 Å². The van der Waals surface area contributed by atoms with Crippen LogP contribution in [0.4, 0.5) is 0 Å². The van der Waals surface area contributed by atoms with Crippen molar-refractivity contribution in [3.05, 3.63) is 0 Å². The lowest BCUT2D eigenvalue weighted by Crippen LogP contribution is -2.43. The largest absolute Gasteiger partial charge is 0.314 e. The maximum atomic E-state index is 11.3. The van der Waals surface area contributed by atoms with Gasteiger partial charge in [-0.2, -0.15) is 0 Å². The number of piperidine rings is 1. The smallest absolute Gasteiger partial charge is 0.0957 e. The van der Waals surface area contributed by atoms with E-state index in [1.807, 2.05) is 0 Å². The van der Waals surface area contributed by atoms with Crippen LogP contribution in [0.15, 0.2) is 0 Å². The minimum absolute atomic E-state index is 0.281. The molecule has 2 nitrogen and oxygen atoms in total. The van der Waals surface area contributed by atoms with E-state index >= 15 is 0 Å². The molecule has 2 rings (SSSR count). The maximum Gasteiger partial charge on any atom is 0.0957 e. The highest BCUT2D eigenvalue weighted by Gasteiger charge is 2.29. The third kappa shape index (κ3) is 1.80. The molecule has 69 valence electrons. The van der Waals surface area contributed by atoms with Crippen LogP contribution in [0.25, 0.3) is 0 Å². The Labute approximate surface area is 74.4 Å². The molecule has 1 radical (unpaired) electrons. The fraction of sp³-hybridized carbons (Fsp3) is 1.00. The number of nitrogens with one attached hydrogen (secondary N) is 1. The molecule has 2 atom stereocenters. The van der Waals surface area contributed by atoms with Gasteiger partial charge in [0.2, 0.25) is 0 Å². The zero-order valence-electron chi connectivity index (χ0n) is 7.59. The third-order valence-electron chi connectivity index (χ3n) is 3.36. The monoisotopic (exact) mass is 168 g/mol. The number of rotatable bonds is 1. The maximum absolute atomic E-state index is 11.3. The van der Waals surface area contributed by atoms with Gasteiger partial charge in [0.05, 0.1) is 6.10 Å². The molecule has 0 aromatic rings. The quantitative estimate of drug-likeness (QED) is 0.635. The van der Waals surface area contributed by atoms with Gasteiger partial charge >= 0.3 is 0 Å². The Balaban J connectivity index is 1.85. The fourth-order valence-corrected chi connectivity index (χ4v) is 2.63. The van der Waals surface area contributed by atoms with Crippen molar-refractivity contribution >= 4 is 0 Å². The molecule has 1 saturated heterocycles. The summed E-state index contributed by atoms with van der Waals surface area (Å²) in [7, 11) is 0. The zero-order valence-corrected chi connectivity index (χ0v) is 7.59. The van der Waals surface area contributed by atoms with Crippen molar-refractivity contribution < 1.29 is 5.11 Å². The Kier molecular flexibility index (Phi) is 2.66. The van der Waals surface area contributed by atoms with E-state index in [-0.39, 0.29) is 6.10 Å². The summed E-state index contributed by atoms with van der Waals surface area (Å²) in [5, 5.41) is 14.8. The first-order valence-corrected chi connectivity index (χ1v) is 5.25. The van der Waals surface area contributed by atoms with Crippen LogP contribution in [0.1, 0.15) is 38.5 Å². The molecule has 2 unspecified atom stereocenters. The molecule has 1 saturated carbocycles. The van der Waals surface area contributed by atoms with Crippen LogP contribution in [0, 0.1) is 5.92 Å². The van der Waals surface area contributed by atoms with Gasteiger partial charge in [-0.25, -0.2) is 5.11 Å². The number of hydrogen-bond acceptors (Lipinski definition) is 1. The van der Waals surface area contributed by atoms with E-state index in [0.29, 0.717) is 6.04 Å². The molecule has 0 amide bonds. The van der Waals surface area contributed by atoms with Gasteiger partial charge in [0.25, 0.3) is 0 Å². The van der Waals surface area contributed by atoms with Gasteiger partial charge in [-0.1, -0.05) is 12.8 Å². The first-order valence-electron chi connectivity index (χ1n) is 5.25. The van der Waals surface area contributed by atoms with E-state index in [9.17, 15) is 5.11 Å². The summed E-state index contributed by atoms with van der Waals surface area (Å²) in [6.07, 6.45) is 6.90. The van der Waals surface area contributed by atoms with Crippen LogP contribution in [0.3, 0.4) is 0 Å². The summed E-state index contributed by atoms with van der Waals surface area (Å²) in [6, 6.07) is 0.559. The molecule has 2 fully saturated rings. The van der Waals surface area contributed by atoms with Gasteiger partial charge in [-0.05, 0) is 38.1 Å².